The summed E-state index contributed by atoms with van der Waals surface area (Å²) in [7, 11) is 0. The first kappa shape index (κ1) is 22.5. The van der Waals surface area contributed by atoms with Crippen LogP contribution in [0.5, 0.6) is 0 Å². The second kappa shape index (κ2) is 9.45. The Hall–Kier alpha value is -3.67. The van der Waals surface area contributed by atoms with Gasteiger partial charge in [-0.2, -0.15) is 0 Å². The third-order valence-corrected chi connectivity index (χ3v) is 6.18. The molecule has 3 aromatic rings. The number of benzene rings is 3. The van der Waals surface area contributed by atoms with Crippen LogP contribution in [-0.2, 0) is 0 Å². The number of carbonyl (C=O) groups excluding carboxylic acids is 2. The van der Waals surface area contributed by atoms with Crippen LogP contribution >= 0.6 is 0 Å². The molecule has 1 aliphatic rings. The lowest BCUT2D eigenvalue weighted by Gasteiger charge is -2.29. The Morgan fingerprint density at radius 1 is 0.909 bits per heavy atom. The number of nitrogens with one attached hydrogen (secondary N) is 2. The van der Waals surface area contributed by atoms with Crippen molar-refractivity contribution in [3.05, 3.63) is 65.2 Å². The van der Waals surface area contributed by atoms with Crippen LogP contribution < -0.4 is 11.1 Å². The molecule has 2 amide bonds. The summed E-state index contributed by atoms with van der Waals surface area (Å²) in [5, 5.41) is 12.9. The number of amidine groups is 1. The van der Waals surface area contributed by atoms with Gasteiger partial charge in [-0.25, -0.2) is 0 Å². The Morgan fingerprint density at radius 3 is 2.24 bits per heavy atom. The van der Waals surface area contributed by atoms with Gasteiger partial charge in [0.05, 0.1) is 0 Å². The van der Waals surface area contributed by atoms with E-state index in [1.165, 1.54) is 4.90 Å². The molecule has 33 heavy (non-hydrogen) atoms. The van der Waals surface area contributed by atoms with Crippen molar-refractivity contribution in [1.82, 2.24) is 4.90 Å². The maximum absolute atomic E-state index is 13.3. The Balaban J connectivity index is 1.96. The van der Waals surface area contributed by atoms with E-state index in [0.29, 0.717) is 28.6 Å². The van der Waals surface area contributed by atoms with Gasteiger partial charge in [-0.1, -0.05) is 51.0 Å². The van der Waals surface area contributed by atoms with Crippen LogP contribution in [-0.4, -0.2) is 35.6 Å². The summed E-state index contributed by atoms with van der Waals surface area (Å²) in [6, 6.07) is 15.1. The molecule has 0 unspecified atom stereocenters. The topological polar surface area (TPSA) is 99.3 Å². The highest BCUT2D eigenvalue weighted by molar-refractivity contribution is 6.28. The van der Waals surface area contributed by atoms with Gasteiger partial charge < -0.3 is 11.1 Å². The van der Waals surface area contributed by atoms with Gasteiger partial charge in [-0.3, -0.25) is 19.9 Å². The van der Waals surface area contributed by atoms with Crippen molar-refractivity contribution in [2.45, 2.75) is 39.5 Å². The van der Waals surface area contributed by atoms with E-state index in [9.17, 15) is 9.59 Å². The highest BCUT2D eigenvalue weighted by Gasteiger charge is 2.33. The number of imide groups is 1. The number of hydrogen-bond acceptors (Lipinski definition) is 4. The second-order valence-electron chi connectivity index (χ2n) is 8.46. The SMILES string of the molecule is CCCCNc1ccc2c3c(ccc(-c4cccc(C(=N)N)c4)c13)C(=O)N(CCCC)C2=O. The van der Waals surface area contributed by atoms with E-state index in [0.717, 1.165) is 54.4 Å². The molecule has 1 aliphatic heterocycles. The van der Waals surface area contributed by atoms with E-state index < -0.39 is 0 Å². The number of hydrogen-bond donors (Lipinski definition) is 3. The van der Waals surface area contributed by atoms with E-state index >= 15 is 0 Å². The quantitative estimate of drug-likeness (QED) is 0.179. The predicted octanol–water partition coefficient (Wildman–Crippen LogP) is 5.40. The first-order valence-corrected chi connectivity index (χ1v) is 11.6. The number of nitrogens with zero attached hydrogens (tertiary/aromatic N) is 1. The number of nitrogen functional groups attached to an aromatic ring is 1. The van der Waals surface area contributed by atoms with Gasteiger partial charge in [0.15, 0.2) is 0 Å². The largest absolute Gasteiger partial charge is 0.385 e. The van der Waals surface area contributed by atoms with E-state index in [2.05, 4.69) is 12.2 Å². The van der Waals surface area contributed by atoms with Crippen molar-refractivity contribution < 1.29 is 9.59 Å². The summed E-state index contributed by atoms with van der Waals surface area (Å²) in [6.07, 6.45) is 3.76. The molecule has 0 bridgehead atoms. The molecule has 6 nitrogen and oxygen atoms in total. The molecule has 0 aliphatic carbocycles. The number of amides is 2. The van der Waals surface area contributed by atoms with Gasteiger partial charge in [0.1, 0.15) is 5.84 Å². The lowest BCUT2D eigenvalue weighted by atomic mass is 9.87. The molecule has 0 aromatic heterocycles. The van der Waals surface area contributed by atoms with Crippen molar-refractivity contribution in [2.24, 2.45) is 5.73 Å². The van der Waals surface area contributed by atoms with Crippen molar-refractivity contribution in [3.8, 4) is 11.1 Å². The molecule has 170 valence electrons. The molecule has 0 saturated carbocycles. The van der Waals surface area contributed by atoms with Crippen molar-refractivity contribution in [2.75, 3.05) is 18.4 Å². The number of unbranched alkanes of at least 4 members (excludes halogenated alkanes) is 2. The summed E-state index contributed by atoms with van der Waals surface area (Å²) < 4.78 is 0. The molecule has 0 radical (unpaired) electrons. The molecule has 4 N–H and O–H groups in total. The van der Waals surface area contributed by atoms with E-state index in [4.69, 9.17) is 11.1 Å². The minimum absolute atomic E-state index is 0.00204. The van der Waals surface area contributed by atoms with Gasteiger partial charge >= 0.3 is 0 Å². The Bertz CT molecular complexity index is 1230. The monoisotopic (exact) mass is 442 g/mol. The average Bonchev–Trinajstić information content (AvgIpc) is 2.82. The molecular weight excluding hydrogens is 412 g/mol. The van der Waals surface area contributed by atoms with Crippen LogP contribution in [0.1, 0.15) is 65.8 Å². The fourth-order valence-corrected chi connectivity index (χ4v) is 4.40. The zero-order valence-corrected chi connectivity index (χ0v) is 19.2. The molecule has 1 heterocycles. The minimum Gasteiger partial charge on any atom is -0.385 e. The normalized spacial score (nSPS) is 13.0. The van der Waals surface area contributed by atoms with Crippen LogP contribution in [0, 0.1) is 5.41 Å². The van der Waals surface area contributed by atoms with Gasteiger partial charge in [-0.15, -0.1) is 0 Å². The zero-order valence-electron chi connectivity index (χ0n) is 19.2. The molecule has 0 fully saturated rings. The van der Waals surface area contributed by atoms with Crippen molar-refractivity contribution in [3.63, 3.8) is 0 Å². The first-order valence-electron chi connectivity index (χ1n) is 11.6. The summed E-state index contributed by atoms with van der Waals surface area (Å²) in [4.78, 5) is 28.0. The van der Waals surface area contributed by atoms with E-state index in [1.54, 1.807) is 6.07 Å². The summed E-state index contributed by atoms with van der Waals surface area (Å²) in [5.41, 5.74) is 10.2. The molecule has 4 rings (SSSR count). The van der Waals surface area contributed by atoms with Gasteiger partial charge in [-0.05, 0) is 48.2 Å². The minimum atomic E-state index is -0.235. The molecular formula is C27H30N4O2. The standard InChI is InChI=1S/C27H30N4O2/c1-3-5-14-30-22-13-12-21-23-20(26(32)31(27(21)33)15-6-4-2)11-10-19(24(22)23)17-8-7-9-18(16-17)25(28)29/h7-13,16,30H,3-6,14-15H2,1-2H3,(H3,28,29). The van der Waals surface area contributed by atoms with Crippen molar-refractivity contribution in [1.29, 1.82) is 5.41 Å². The molecule has 0 saturated heterocycles. The van der Waals surface area contributed by atoms with Crippen LogP contribution in [0.25, 0.3) is 21.9 Å². The fraction of sp³-hybridized carbons (Fsp3) is 0.296. The maximum Gasteiger partial charge on any atom is 0.261 e. The van der Waals surface area contributed by atoms with Crippen LogP contribution in [0.15, 0.2) is 48.5 Å². The third kappa shape index (κ3) is 4.09. The van der Waals surface area contributed by atoms with Crippen LogP contribution in [0.3, 0.4) is 0 Å². The zero-order chi connectivity index (χ0) is 23.5. The van der Waals surface area contributed by atoms with Crippen LogP contribution in [0.2, 0.25) is 0 Å². The smallest absolute Gasteiger partial charge is 0.261 e. The third-order valence-electron chi connectivity index (χ3n) is 6.18. The summed E-state index contributed by atoms with van der Waals surface area (Å²) in [6.45, 7) is 5.41. The first-order chi connectivity index (χ1) is 16.0. The summed E-state index contributed by atoms with van der Waals surface area (Å²) in [5.74, 6) is -0.473. The Kier molecular flexibility index (Phi) is 6.45. The summed E-state index contributed by atoms with van der Waals surface area (Å²) >= 11 is 0. The number of rotatable bonds is 9. The van der Waals surface area contributed by atoms with Gasteiger partial charge in [0.25, 0.3) is 11.8 Å². The lowest BCUT2D eigenvalue weighted by molar-refractivity contribution is 0.0608. The van der Waals surface area contributed by atoms with Crippen LogP contribution in [0.4, 0.5) is 5.69 Å². The second-order valence-corrected chi connectivity index (χ2v) is 8.46. The Morgan fingerprint density at radius 2 is 1.58 bits per heavy atom. The lowest BCUT2D eigenvalue weighted by Crippen LogP contribution is -2.40. The highest BCUT2D eigenvalue weighted by Crippen LogP contribution is 2.41. The van der Waals surface area contributed by atoms with E-state index in [-0.39, 0.29) is 17.6 Å². The number of nitrogens with two attached hydrogens (primary N) is 1. The predicted molar refractivity (Wildman–Crippen MR) is 134 cm³/mol. The highest BCUT2D eigenvalue weighted by atomic mass is 16.2. The van der Waals surface area contributed by atoms with E-state index in [1.807, 2.05) is 49.4 Å². The Labute approximate surface area is 194 Å². The maximum atomic E-state index is 13.3. The van der Waals surface area contributed by atoms with Gasteiger partial charge in [0, 0.05) is 46.2 Å². The molecule has 3 aromatic carbocycles. The van der Waals surface area contributed by atoms with Crippen molar-refractivity contribution >= 4 is 34.1 Å². The fourth-order valence-electron chi connectivity index (χ4n) is 4.40. The number of anilines is 1. The van der Waals surface area contributed by atoms with Gasteiger partial charge in [0.2, 0.25) is 0 Å². The average molecular weight is 443 g/mol. The molecule has 0 spiro atoms. The molecule has 0 atom stereocenters. The molecule has 6 heteroatoms. The number of carbonyl (C=O) groups is 2.